The summed E-state index contributed by atoms with van der Waals surface area (Å²) >= 11 is 7.38. The Bertz CT molecular complexity index is 1220. The van der Waals surface area contributed by atoms with E-state index in [1.807, 2.05) is 50.2 Å². The van der Waals surface area contributed by atoms with Crippen molar-refractivity contribution in [3.05, 3.63) is 69.3 Å². The van der Waals surface area contributed by atoms with Crippen LogP contribution in [0, 0.1) is 5.82 Å². The normalized spacial score (nSPS) is 12.4. The second kappa shape index (κ2) is 10.5. The SMILES string of the molecule is C[C@H](Nc1cc(F)c(S(=O)(=O)N(OC=O)c2cscn2)cc1Cl)c1cccc(CN(C)C)c1. The van der Waals surface area contributed by atoms with Crippen molar-refractivity contribution in [3.63, 3.8) is 0 Å². The molecule has 0 radical (unpaired) electrons. The van der Waals surface area contributed by atoms with Crippen LogP contribution in [0.2, 0.25) is 5.02 Å². The van der Waals surface area contributed by atoms with Crippen LogP contribution in [-0.4, -0.2) is 38.9 Å². The summed E-state index contributed by atoms with van der Waals surface area (Å²) in [6.45, 7) is 2.56. The molecule has 0 aliphatic carbocycles. The lowest BCUT2D eigenvalue weighted by Gasteiger charge is -2.21. The molecule has 0 amide bonds. The van der Waals surface area contributed by atoms with Crippen LogP contribution in [0.3, 0.4) is 0 Å². The maximum atomic E-state index is 15.0. The van der Waals surface area contributed by atoms with Gasteiger partial charge in [0, 0.05) is 18.0 Å². The minimum atomic E-state index is -4.62. The van der Waals surface area contributed by atoms with Gasteiger partial charge in [-0.25, -0.2) is 9.37 Å². The van der Waals surface area contributed by atoms with Gasteiger partial charge in [-0.05, 0) is 44.3 Å². The topological polar surface area (TPSA) is 91.8 Å². The molecule has 1 N–H and O–H groups in total. The lowest BCUT2D eigenvalue weighted by molar-refractivity contribution is -0.128. The number of nitrogens with one attached hydrogen (secondary N) is 1. The predicted molar refractivity (Wildman–Crippen MR) is 126 cm³/mol. The molecule has 1 aromatic heterocycles. The molecule has 1 atom stereocenters. The number of hydrogen-bond acceptors (Lipinski definition) is 8. The Labute approximate surface area is 200 Å². The van der Waals surface area contributed by atoms with Crippen LogP contribution in [0.5, 0.6) is 0 Å². The van der Waals surface area contributed by atoms with Crippen molar-refractivity contribution in [2.75, 3.05) is 23.9 Å². The van der Waals surface area contributed by atoms with Crippen molar-refractivity contribution < 1.29 is 22.4 Å². The zero-order chi connectivity index (χ0) is 24.2. The number of benzene rings is 2. The number of aromatic nitrogens is 1. The summed E-state index contributed by atoms with van der Waals surface area (Å²) < 4.78 is 41.1. The summed E-state index contributed by atoms with van der Waals surface area (Å²) in [5, 5.41) is 4.43. The molecule has 176 valence electrons. The van der Waals surface area contributed by atoms with Gasteiger partial charge in [0.1, 0.15) is 10.7 Å². The fraction of sp³-hybridized carbons (Fsp3) is 0.238. The highest BCUT2D eigenvalue weighted by Gasteiger charge is 2.32. The second-order valence-corrected chi connectivity index (χ2v) is 10.2. The standard InChI is InChI=1S/C21H22ClFN4O4S2/c1-14(16-6-4-5-15(7-16)10-26(2)3)25-19-9-18(23)20(8-17(19)22)33(29,30)27(31-13-28)21-11-32-12-24-21/h4-9,11-14,25H,10H2,1-3H3/t14-/m0/s1. The van der Waals surface area contributed by atoms with E-state index in [4.69, 9.17) is 11.6 Å². The number of nitrogens with zero attached hydrogens (tertiary/aromatic N) is 3. The molecule has 0 saturated carbocycles. The van der Waals surface area contributed by atoms with Crippen molar-refractivity contribution >= 4 is 50.9 Å². The lowest BCUT2D eigenvalue weighted by Crippen LogP contribution is -2.31. The van der Waals surface area contributed by atoms with Crippen molar-refractivity contribution in [2.24, 2.45) is 0 Å². The summed E-state index contributed by atoms with van der Waals surface area (Å²) in [7, 11) is -0.673. The molecule has 0 fully saturated rings. The van der Waals surface area contributed by atoms with E-state index in [-0.39, 0.29) is 33.5 Å². The first-order chi connectivity index (χ1) is 15.6. The van der Waals surface area contributed by atoms with Gasteiger partial charge in [0.2, 0.25) is 0 Å². The second-order valence-electron chi connectivity index (χ2n) is 7.39. The van der Waals surface area contributed by atoms with E-state index < -0.39 is 20.7 Å². The van der Waals surface area contributed by atoms with Gasteiger partial charge in [-0.1, -0.05) is 40.3 Å². The Kier molecular flexibility index (Phi) is 7.90. The van der Waals surface area contributed by atoms with Gasteiger partial charge in [-0.2, -0.15) is 8.42 Å². The van der Waals surface area contributed by atoms with E-state index in [1.54, 1.807) is 0 Å². The number of carbonyl (C=O) groups excluding carboxylic acids is 1. The van der Waals surface area contributed by atoms with Crippen LogP contribution < -0.4 is 9.79 Å². The van der Waals surface area contributed by atoms with E-state index in [0.717, 1.165) is 41.1 Å². The van der Waals surface area contributed by atoms with Crippen molar-refractivity contribution in [1.82, 2.24) is 9.88 Å². The van der Waals surface area contributed by atoms with E-state index in [1.165, 1.54) is 10.9 Å². The molecule has 0 aliphatic rings. The van der Waals surface area contributed by atoms with E-state index in [9.17, 15) is 17.6 Å². The molecule has 0 saturated heterocycles. The zero-order valence-corrected chi connectivity index (χ0v) is 20.4. The summed E-state index contributed by atoms with van der Waals surface area (Å²) in [5.74, 6) is -1.25. The average molecular weight is 513 g/mol. The van der Waals surface area contributed by atoms with Crippen LogP contribution in [0.4, 0.5) is 15.9 Å². The lowest BCUT2D eigenvalue weighted by atomic mass is 10.0. The third-order valence-electron chi connectivity index (χ3n) is 4.58. The Hall–Kier alpha value is -2.73. The first kappa shape index (κ1) is 24.9. The third kappa shape index (κ3) is 5.80. The van der Waals surface area contributed by atoms with Gasteiger partial charge in [0.15, 0.2) is 5.82 Å². The molecular weight excluding hydrogens is 491 g/mol. The molecule has 1 heterocycles. The zero-order valence-electron chi connectivity index (χ0n) is 18.0. The molecule has 0 unspecified atom stereocenters. The van der Waals surface area contributed by atoms with Gasteiger partial charge in [0.25, 0.3) is 10.0 Å². The van der Waals surface area contributed by atoms with E-state index in [0.29, 0.717) is 0 Å². The Morgan fingerprint density at radius 2 is 2.06 bits per heavy atom. The summed E-state index contributed by atoms with van der Waals surface area (Å²) in [6, 6.07) is 9.64. The van der Waals surface area contributed by atoms with Crippen LogP contribution in [0.25, 0.3) is 0 Å². The quantitative estimate of drug-likeness (QED) is 0.317. The Morgan fingerprint density at radius 1 is 1.30 bits per heavy atom. The minimum Gasteiger partial charge on any atom is -0.377 e. The Balaban J connectivity index is 1.89. The fourth-order valence-corrected chi connectivity index (χ4v) is 5.24. The Morgan fingerprint density at radius 3 is 2.70 bits per heavy atom. The predicted octanol–water partition coefficient (Wildman–Crippen LogP) is 4.45. The van der Waals surface area contributed by atoms with Crippen LogP contribution in [0.1, 0.15) is 24.1 Å². The van der Waals surface area contributed by atoms with Gasteiger partial charge in [0.05, 0.1) is 16.2 Å². The van der Waals surface area contributed by atoms with Crippen LogP contribution in [-0.2, 0) is 26.2 Å². The van der Waals surface area contributed by atoms with Crippen molar-refractivity contribution in [1.29, 1.82) is 0 Å². The number of anilines is 2. The van der Waals surface area contributed by atoms with Crippen molar-refractivity contribution in [3.8, 4) is 0 Å². The van der Waals surface area contributed by atoms with E-state index >= 15 is 0 Å². The van der Waals surface area contributed by atoms with Gasteiger partial charge in [-0.3, -0.25) is 4.79 Å². The van der Waals surface area contributed by atoms with Crippen LogP contribution in [0.15, 0.2) is 52.2 Å². The average Bonchev–Trinajstić information content (AvgIpc) is 3.28. The molecule has 12 heteroatoms. The number of halogens is 2. The summed E-state index contributed by atoms with van der Waals surface area (Å²) in [5.41, 5.74) is 3.63. The largest absolute Gasteiger partial charge is 0.377 e. The molecular formula is C21H22ClFN4O4S2. The van der Waals surface area contributed by atoms with E-state index in [2.05, 4.69) is 15.1 Å². The maximum absolute atomic E-state index is 15.0. The highest BCUT2D eigenvalue weighted by molar-refractivity contribution is 7.92. The fourth-order valence-electron chi connectivity index (χ4n) is 3.14. The van der Waals surface area contributed by atoms with Crippen molar-refractivity contribution in [2.45, 2.75) is 24.4 Å². The maximum Gasteiger partial charge on any atom is 0.322 e. The molecule has 8 nitrogen and oxygen atoms in total. The first-order valence-electron chi connectivity index (χ1n) is 9.66. The number of sulfonamides is 1. The highest BCUT2D eigenvalue weighted by Crippen LogP contribution is 2.33. The first-order valence-corrected chi connectivity index (χ1v) is 12.4. The molecule has 0 spiro atoms. The monoisotopic (exact) mass is 512 g/mol. The third-order valence-corrected chi connectivity index (χ3v) is 7.05. The molecule has 2 aromatic carbocycles. The molecule has 0 aliphatic heterocycles. The number of hydrogen-bond donors (Lipinski definition) is 1. The molecule has 0 bridgehead atoms. The number of rotatable bonds is 10. The molecule has 33 heavy (non-hydrogen) atoms. The molecule has 3 rings (SSSR count). The van der Waals surface area contributed by atoms with Crippen LogP contribution >= 0.6 is 22.9 Å². The van der Waals surface area contributed by atoms with Gasteiger partial charge in [-0.15, -0.1) is 11.3 Å². The van der Waals surface area contributed by atoms with Gasteiger partial charge < -0.3 is 15.1 Å². The van der Waals surface area contributed by atoms with Gasteiger partial charge >= 0.3 is 6.47 Å². The number of thiazole rings is 1. The minimum absolute atomic E-state index is 0.0180. The highest BCUT2D eigenvalue weighted by atomic mass is 35.5. The summed E-state index contributed by atoms with van der Waals surface area (Å²) in [6.07, 6.45) is 0. The number of carbonyl (C=O) groups is 1. The molecule has 3 aromatic rings. The smallest absolute Gasteiger partial charge is 0.322 e. The summed E-state index contributed by atoms with van der Waals surface area (Å²) in [4.78, 5) is 20.5.